The van der Waals surface area contributed by atoms with E-state index in [4.69, 9.17) is 0 Å². The summed E-state index contributed by atoms with van der Waals surface area (Å²) in [5, 5.41) is 3.18. The number of aliphatic imine (C=N–C) groups is 1. The number of sulfonamides is 1. The maximum atomic E-state index is 12.6. The summed E-state index contributed by atoms with van der Waals surface area (Å²) in [5.41, 5.74) is 0.571. The van der Waals surface area contributed by atoms with Gasteiger partial charge >= 0.3 is 0 Å². The van der Waals surface area contributed by atoms with E-state index in [1.807, 2.05) is 18.9 Å². The van der Waals surface area contributed by atoms with Crippen LogP contribution in [0.1, 0.15) is 38.2 Å². The van der Waals surface area contributed by atoms with Crippen LogP contribution in [0.4, 0.5) is 0 Å². The fourth-order valence-electron chi connectivity index (χ4n) is 3.70. The zero-order valence-corrected chi connectivity index (χ0v) is 18.0. The minimum absolute atomic E-state index is 0. The number of amidine groups is 1. The van der Waals surface area contributed by atoms with Crippen LogP contribution in [-0.2, 0) is 14.8 Å². The third-order valence-corrected chi connectivity index (χ3v) is 6.65. The Hall–Kier alpha value is -1.64. The number of likely N-dealkylation sites (tertiary alicyclic amines) is 1. The molecule has 1 amide bonds. The number of amides is 1. The molecule has 2 heterocycles. The fourth-order valence-corrected chi connectivity index (χ4v) is 4.94. The first kappa shape index (κ1) is 22.6. The lowest BCUT2D eigenvalue weighted by atomic mass is 9.93. The molecule has 2 aliphatic rings. The van der Waals surface area contributed by atoms with Crippen molar-refractivity contribution < 1.29 is 13.2 Å². The Morgan fingerprint density at radius 3 is 2.68 bits per heavy atom. The van der Waals surface area contributed by atoms with E-state index < -0.39 is 10.0 Å². The standard InChI is InChI=1S/C19H28N4O3S.ClH/c1-14(13-18(24)23-11-8-15(9-12-23)7-10-20-2)21-19-16-5-3-4-6-17(16)27(25,26)22-19;/h3-6,14-15,20H,7-13H2,1-2H3,(H,21,22);1H. The van der Waals surface area contributed by atoms with Gasteiger partial charge in [-0.25, -0.2) is 8.42 Å². The van der Waals surface area contributed by atoms with Crippen LogP contribution in [0.25, 0.3) is 0 Å². The van der Waals surface area contributed by atoms with Crippen molar-refractivity contribution >= 4 is 34.2 Å². The molecule has 9 heteroatoms. The van der Waals surface area contributed by atoms with Gasteiger partial charge in [0, 0.05) is 25.1 Å². The van der Waals surface area contributed by atoms with Crippen molar-refractivity contribution in [2.24, 2.45) is 10.9 Å². The molecule has 2 aliphatic heterocycles. The van der Waals surface area contributed by atoms with Crippen molar-refractivity contribution in [2.45, 2.75) is 43.5 Å². The van der Waals surface area contributed by atoms with E-state index in [0.29, 0.717) is 17.3 Å². The number of rotatable bonds is 6. The van der Waals surface area contributed by atoms with Crippen molar-refractivity contribution in [1.29, 1.82) is 0 Å². The number of fused-ring (bicyclic) bond motifs is 1. The molecular weight excluding hydrogens is 400 g/mol. The molecule has 0 bridgehead atoms. The largest absolute Gasteiger partial charge is 0.343 e. The highest BCUT2D eigenvalue weighted by Gasteiger charge is 2.31. The molecule has 0 aromatic heterocycles. The number of nitrogens with zero attached hydrogens (tertiary/aromatic N) is 2. The van der Waals surface area contributed by atoms with Gasteiger partial charge in [0.2, 0.25) is 5.91 Å². The van der Waals surface area contributed by atoms with E-state index in [1.54, 1.807) is 24.3 Å². The summed E-state index contributed by atoms with van der Waals surface area (Å²) in [6.45, 7) is 4.46. The highest BCUT2D eigenvalue weighted by molar-refractivity contribution is 7.90. The molecule has 156 valence electrons. The van der Waals surface area contributed by atoms with E-state index in [1.165, 1.54) is 0 Å². The van der Waals surface area contributed by atoms with Crippen LogP contribution in [0, 0.1) is 5.92 Å². The van der Waals surface area contributed by atoms with Crippen molar-refractivity contribution in [2.75, 3.05) is 26.7 Å². The Morgan fingerprint density at radius 1 is 1.32 bits per heavy atom. The molecule has 1 saturated heterocycles. The normalized spacial score (nSPS) is 20.9. The van der Waals surface area contributed by atoms with E-state index in [9.17, 15) is 13.2 Å². The second-order valence-corrected chi connectivity index (χ2v) is 9.00. The van der Waals surface area contributed by atoms with Crippen molar-refractivity contribution in [3.63, 3.8) is 0 Å². The van der Waals surface area contributed by atoms with Gasteiger partial charge in [0.25, 0.3) is 10.0 Å². The second-order valence-electron chi connectivity index (χ2n) is 7.35. The van der Waals surface area contributed by atoms with Crippen LogP contribution in [0.3, 0.4) is 0 Å². The van der Waals surface area contributed by atoms with E-state index in [0.717, 1.165) is 38.9 Å². The van der Waals surface area contributed by atoms with Gasteiger partial charge in [-0.15, -0.1) is 12.4 Å². The summed E-state index contributed by atoms with van der Waals surface area (Å²) in [4.78, 5) is 19.2. The molecule has 3 rings (SSSR count). The lowest BCUT2D eigenvalue weighted by molar-refractivity contribution is -0.132. The third kappa shape index (κ3) is 5.24. The molecule has 0 saturated carbocycles. The Kier molecular flexibility index (Phi) is 7.86. The fraction of sp³-hybridized carbons (Fsp3) is 0.579. The molecule has 7 nitrogen and oxygen atoms in total. The van der Waals surface area contributed by atoms with Gasteiger partial charge in [-0.05, 0) is 57.8 Å². The molecule has 1 atom stereocenters. The molecule has 0 radical (unpaired) electrons. The van der Waals surface area contributed by atoms with Gasteiger partial charge in [-0.1, -0.05) is 12.1 Å². The monoisotopic (exact) mass is 428 g/mol. The number of piperidine rings is 1. The second kappa shape index (κ2) is 9.71. The lowest BCUT2D eigenvalue weighted by Crippen LogP contribution is -2.40. The summed E-state index contributed by atoms with van der Waals surface area (Å²) in [6.07, 6.45) is 3.53. The summed E-state index contributed by atoms with van der Waals surface area (Å²) in [7, 11) is -1.58. The van der Waals surface area contributed by atoms with Crippen LogP contribution >= 0.6 is 12.4 Å². The molecule has 2 N–H and O–H groups in total. The highest BCUT2D eigenvalue weighted by Crippen LogP contribution is 2.24. The first-order valence-corrected chi connectivity index (χ1v) is 11.0. The Bertz CT molecular complexity index is 820. The molecular formula is C19H29ClN4O3S. The van der Waals surface area contributed by atoms with Crippen LogP contribution in [0.5, 0.6) is 0 Å². The number of halogens is 1. The van der Waals surface area contributed by atoms with Gasteiger partial charge in [-0.2, -0.15) is 0 Å². The summed E-state index contributed by atoms with van der Waals surface area (Å²) in [6, 6.07) is 6.48. The van der Waals surface area contributed by atoms with Gasteiger partial charge < -0.3 is 10.2 Å². The van der Waals surface area contributed by atoms with Gasteiger partial charge in [0.1, 0.15) is 5.84 Å². The average Bonchev–Trinajstić information content (AvgIpc) is 2.91. The molecule has 1 aromatic carbocycles. The lowest BCUT2D eigenvalue weighted by Gasteiger charge is -2.32. The van der Waals surface area contributed by atoms with Gasteiger partial charge in [0.05, 0.1) is 10.9 Å². The zero-order valence-electron chi connectivity index (χ0n) is 16.3. The quantitative estimate of drug-likeness (QED) is 0.722. The molecule has 0 aliphatic carbocycles. The van der Waals surface area contributed by atoms with Crippen LogP contribution < -0.4 is 10.0 Å². The van der Waals surface area contributed by atoms with E-state index in [-0.39, 0.29) is 35.7 Å². The predicted molar refractivity (Wildman–Crippen MR) is 112 cm³/mol. The maximum Gasteiger partial charge on any atom is 0.263 e. The third-order valence-electron chi connectivity index (χ3n) is 5.25. The average molecular weight is 429 g/mol. The summed E-state index contributed by atoms with van der Waals surface area (Å²) in [5.74, 6) is 1.10. The number of benzene rings is 1. The number of nitrogens with one attached hydrogen (secondary N) is 2. The molecule has 0 spiro atoms. The van der Waals surface area contributed by atoms with E-state index >= 15 is 0 Å². The maximum absolute atomic E-state index is 12.6. The molecule has 28 heavy (non-hydrogen) atoms. The smallest absolute Gasteiger partial charge is 0.263 e. The first-order chi connectivity index (χ1) is 12.9. The zero-order chi connectivity index (χ0) is 19.4. The van der Waals surface area contributed by atoms with Gasteiger partial charge in [0.15, 0.2) is 0 Å². The van der Waals surface area contributed by atoms with E-state index in [2.05, 4.69) is 15.0 Å². The number of carbonyl (C=O) groups excluding carboxylic acids is 1. The minimum Gasteiger partial charge on any atom is -0.343 e. The molecule has 1 fully saturated rings. The van der Waals surface area contributed by atoms with Crippen LogP contribution in [0.15, 0.2) is 34.2 Å². The summed E-state index contributed by atoms with van der Waals surface area (Å²) >= 11 is 0. The highest BCUT2D eigenvalue weighted by atomic mass is 35.5. The summed E-state index contributed by atoms with van der Waals surface area (Å²) < 4.78 is 26.8. The van der Waals surface area contributed by atoms with Crippen LogP contribution in [0.2, 0.25) is 0 Å². The predicted octanol–water partition coefficient (Wildman–Crippen LogP) is 1.77. The Labute approximate surface area is 173 Å². The molecule has 1 aromatic rings. The topological polar surface area (TPSA) is 90.9 Å². The first-order valence-electron chi connectivity index (χ1n) is 9.53. The van der Waals surface area contributed by atoms with Crippen LogP contribution in [-0.4, -0.2) is 57.8 Å². The Morgan fingerprint density at radius 2 is 2.00 bits per heavy atom. The minimum atomic E-state index is -3.54. The van der Waals surface area contributed by atoms with Crippen molar-refractivity contribution in [3.05, 3.63) is 29.8 Å². The SMILES string of the molecule is CNCCC1CCN(C(=O)CC(C)N=C2NS(=O)(=O)c3ccccc32)CC1.Cl. The van der Waals surface area contributed by atoms with Gasteiger partial charge in [-0.3, -0.25) is 14.5 Å². The number of hydrogen-bond donors (Lipinski definition) is 2. The van der Waals surface area contributed by atoms with Crippen molar-refractivity contribution in [3.8, 4) is 0 Å². The number of hydrogen-bond acceptors (Lipinski definition) is 5. The van der Waals surface area contributed by atoms with Crippen molar-refractivity contribution in [1.82, 2.24) is 14.9 Å². The number of carbonyl (C=O) groups is 1. The molecule has 1 unspecified atom stereocenters. The Balaban J connectivity index is 0.00000280.